The van der Waals surface area contributed by atoms with E-state index in [2.05, 4.69) is 15.1 Å². The van der Waals surface area contributed by atoms with Crippen molar-refractivity contribution < 1.29 is 8.42 Å². The first-order valence-corrected chi connectivity index (χ1v) is 9.94. The summed E-state index contributed by atoms with van der Waals surface area (Å²) in [7, 11) is -3.62. The van der Waals surface area contributed by atoms with Gasteiger partial charge >= 0.3 is 0 Å². The normalized spacial score (nSPS) is 11.7. The number of nitrogens with one attached hydrogen (secondary N) is 1. The lowest BCUT2D eigenvalue weighted by Gasteiger charge is -2.06. The second kappa shape index (κ2) is 6.81. The first-order valence-electron chi connectivity index (χ1n) is 8.29. The Kier molecular flexibility index (Phi) is 4.33. The zero-order valence-corrected chi connectivity index (χ0v) is 15.1. The highest BCUT2D eigenvalue weighted by Crippen LogP contribution is 2.15. The first-order chi connectivity index (χ1) is 13.0. The van der Waals surface area contributed by atoms with Gasteiger partial charge < -0.3 is 4.98 Å². The van der Waals surface area contributed by atoms with Gasteiger partial charge in [0.15, 0.2) is 15.5 Å². The van der Waals surface area contributed by atoms with Gasteiger partial charge in [-0.25, -0.2) is 18.1 Å². The van der Waals surface area contributed by atoms with Gasteiger partial charge in [0.1, 0.15) is 17.0 Å². The number of benzene rings is 2. The standard InChI is InChI=1S/C19H16N4O3S/c24-19-16-11-20-23(12-14-7-3-1-4-8-14)18(16)21-17(22-19)13-27(25,26)15-9-5-2-6-10-15/h1-11H,12-13H2,(H,21,22,24). The van der Waals surface area contributed by atoms with Gasteiger partial charge in [-0.2, -0.15) is 5.10 Å². The molecule has 4 rings (SSSR count). The fourth-order valence-electron chi connectivity index (χ4n) is 2.84. The van der Waals surface area contributed by atoms with Crippen molar-refractivity contribution in [3.05, 3.63) is 88.6 Å². The average molecular weight is 380 g/mol. The molecule has 136 valence electrons. The molecule has 0 atom stereocenters. The summed E-state index contributed by atoms with van der Waals surface area (Å²) < 4.78 is 26.8. The predicted molar refractivity (Wildman–Crippen MR) is 101 cm³/mol. The van der Waals surface area contributed by atoms with Crippen molar-refractivity contribution in [1.29, 1.82) is 0 Å². The Bertz CT molecular complexity index is 1250. The van der Waals surface area contributed by atoms with E-state index >= 15 is 0 Å². The third kappa shape index (κ3) is 3.52. The quantitative estimate of drug-likeness (QED) is 0.572. The number of sulfone groups is 1. The van der Waals surface area contributed by atoms with Crippen molar-refractivity contribution in [3.8, 4) is 0 Å². The molecule has 0 unspecified atom stereocenters. The van der Waals surface area contributed by atoms with Gasteiger partial charge in [-0.3, -0.25) is 4.79 Å². The number of aromatic amines is 1. The van der Waals surface area contributed by atoms with Crippen molar-refractivity contribution in [1.82, 2.24) is 19.7 Å². The van der Waals surface area contributed by atoms with Crippen LogP contribution in [0.4, 0.5) is 0 Å². The Hall–Kier alpha value is -3.26. The Balaban J connectivity index is 1.73. The molecule has 7 nitrogen and oxygen atoms in total. The van der Waals surface area contributed by atoms with Crippen LogP contribution in [0.1, 0.15) is 11.4 Å². The fourth-order valence-corrected chi connectivity index (χ4v) is 4.08. The van der Waals surface area contributed by atoms with Crippen molar-refractivity contribution in [2.75, 3.05) is 0 Å². The van der Waals surface area contributed by atoms with Crippen LogP contribution in [0.3, 0.4) is 0 Å². The Morgan fingerprint density at radius 3 is 2.33 bits per heavy atom. The molecule has 0 radical (unpaired) electrons. The van der Waals surface area contributed by atoms with E-state index in [0.29, 0.717) is 17.6 Å². The van der Waals surface area contributed by atoms with Crippen LogP contribution in [-0.4, -0.2) is 28.2 Å². The smallest absolute Gasteiger partial charge is 0.262 e. The minimum Gasteiger partial charge on any atom is -0.309 e. The fraction of sp³-hybridized carbons (Fsp3) is 0.105. The summed E-state index contributed by atoms with van der Waals surface area (Å²) in [5.74, 6) is -0.301. The molecular weight excluding hydrogens is 364 g/mol. The highest BCUT2D eigenvalue weighted by Gasteiger charge is 2.18. The number of aromatic nitrogens is 4. The van der Waals surface area contributed by atoms with E-state index < -0.39 is 21.1 Å². The van der Waals surface area contributed by atoms with Crippen LogP contribution in [-0.2, 0) is 22.1 Å². The Morgan fingerprint density at radius 2 is 1.63 bits per heavy atom. The molecule has 0 bridgehead atoms. The summed E-state index contributed by atoms with van der Waals surface area (Å²) >= 11 is 0. The summed E-state index contributed by atoms with van der Waals surface area (Å²) in [6.45, 7) is 0.436. The van der Waals surface area contributed by atoms with Crippen LogP contribution in [0.2, 0.25) is 0 Å². The monoisotopic (exact) mass is 380 g/mol. The SMILES string of the molecule is O=c1[nH]c(CS(=O)(=O)c2ccccc2)nc2c1cnn2Cc1ccccc1. The van der Waals surface area contributed by atoms with Crippen LogP contribution >= 0.6 is 0 Å². The minimum absolute atomic E-state index is 0.0890. The van der Waals surface area contributed by atoms with Crippen molar-refractivity contribution in [3.63, 3.8) is 0 Å². The third-order valence-electron chi connectivity index (χ3n) is 4.16. The number of fused-ring (bicyclic) bond motifs is 1. The zero-order valence-electron chi connectivity index (χ0n) is 14.2. The lowest BCUT2D eigenvalue weighted by atomic mass is 10.2. The summed E-state index contributed by atoms with van der Waals surface area (Å²) in [6.07, 6.45) is 1.44. The summed E-state index contributed by atoms with van der Waals surface area (Å²) in [5, 5.41) is 4.56. The minimum atomic E-state index is -3.62. The van der Waals surface area contributed by atoms with Gasteiger partial charge in [-0.1, -0.05) is 48.5 Å². The van der Waals surface area contributed by atoms with Gasteiger partial charge in [0.25, 0.3) is 5.56 Å². The molecule has 0 saturated heterocycles. The van der Waals surface area contributed by atoms with Gasteiger partial charge in [-0.05, 0) is 17.7 Å². The van der Waals surface area contributed by atoms with Gasteiger partial charge in [0.05, 0.1) is 17.6 Å². The van der Waals surface area contributed by atoms with Crippen molar-refractivity contribution >= 4 is 20.9 Å². The topological polar surface area (TPSA) is 97.7 Å². The summed E-state index contributed by atoms with van der Waals surface area (Å²) in [4.78, 5) is 19.5. The van der Waals surface area contributed by atoms with Crippen LogP contribution in [0, 0.1) is 0 Å². The maximum absolute atomic E-state index is 12.6. The predicted octanol–water partition coefficient (Wildman–Crippen LogP) is 2.14. The highest BCUT2D eigenvalue weighted by atomic mass is 32.2. The average Bonchev–Trinajstić information content (AvgIpc) is 3.06. The van der Waals surface area contributed by atoms with Gasteiger partial charge in [0.2, 0.25) is 0 Å². The van der Waals surface area contributed by atoms with Crippen molar-refractivity contribution in [2.24, 2.45) is 0 Å². The van der Waals surface area contributed by atoms with E-state index in [0.717, 1.165) is 5.56 Å². The van der Waals surface area contributed by atoms with Crippen LogP contribution in [0.25, 0.3) is 11.0 Å². The van der Waals surface area contributed by atoms with Crippen molar-refractivity contribution in [2.45, 2.75) is 17.2 Å². The molecule has 1 N–H and O–H groups in total. The number of hydrogen-bond donors (Lipinski definition) is 1. The largest absolute Gasteiger partial charge is 0.309 e. The maximum Gasteiger partial charge on any atom is 0.262 e. The molecule has 0 aliphatic rings. The molecule has 2 heterocycles. The molecule has 0 spiro atoms. The molecule has 0 aliphatic carbocycles. The lowest BCUT2D eigenvalue weighted by Crippen LogP contribution is -2.16. The summed E-state index contributed by atoms with van der Waals surface area (Å²) in [5.41, 5.74) is 0.960. The number of nitrogens with zero attached hydrogens (tertiary/aromatic N) is 3. The first kappa shape index (κ1) is 17.2. The molecule has 0 amide bonds. The molecule has 0 aliphatic heterocycles. The Labute approximate surface area is 155 Å². The van der Waals surface area contributed by atoms with Gasteiger partial charge in [0, 0.05) is 0 Å². The molecule has 4 aromatic rings. The lowest BCUT2D eigenvalue weighted by molar-refractivity contribution is 0.593. The summed E-state index contributed by atoms with van der Waals surface area (Å²) in [6, 6.07) is 17.7. The Morgan fingerprint density at radius 1 is 0.963 bits per heavy atom. The molecular formula is C19H16N4O3S. The molecule has 0 fully saturated rings. The van der Waals surface area contributed by atoms with E-state index in [4.69, 9.17) is 0 Å². The van der Waals surface area contributed by atoms with Gasteiger partial charge in [-0.15, -0.1) is 0 Å². The number of hydrogen-bond acceptors (Lipinski definition) is 5. The van der Waals surface area contributed by atoms with E-state index in [1.807, 2.05) is 30.3 Å². The third-order valence-corrected chi connectivity index (χ3v) is 5.80. The zero-order chi connectivity index (χ0) is 18.9. The molecule has 0 saturated carbocycles. The van der Waals surface area contributed by atoms with Crippen LogP contribution < -0.4 is 5.56 Å². The molecule has 2 aromatic carbocycles. The van der Waals surface area contributed by atoms with E-state index in [1.54, 1.807) is 22.9 Å². The second-order valence-electron chi connectivity index (χ2n) is 6.11. The molecule has 8 heteroatoms. The van der Waals surface area contributed by atoms with E-state index in [9.17, 15) is 13.2 Å². The molecule has 2 aromatic heterocycles. The van der Waals surface area contributed by atoms with Crippen LogP contribution in [0.5, 0.6) is 0 Å². The maximum atomic E-state index is 12.6. The van der Waals surface area contributed by atoms with E-state index in [-0.39, 0.29) is 10.7 Å². The number of H-pyrrole nitrogens is 1. The second-order valence-corrected chi connectivity index (χ2v) is 8.10. The highest BCUT2D eigenvalue weighted by molar-refractivity contribution is 7.90. The van der Waals surface area contributed by atoms with Crippen LogP contribution in [0.15, 0.2) is 76.6 Å². The van der Waals surface area contributed by atoms with E-state index in [1.165, 1.54) is 18.3 Å². The molecule has 27 heavy (non-hydrogen) atoms. The number of rotatable bonds is 5.